The van der Waals surface area contributed by atoms with Gasteiger partial charge >= 0.3 is 5.97 Å². The zero-order valence-electron chi connectivity index (χ0n) is 24.0. The number of rotatable bonds is 4. The number of piperazine rings is 1. The fourth-order valence-electron chi connectivity index (χ4n) is 7.55. The van der Waals surface area contributed by atoms with Crippen LogP contribution in [0.5, 0.6) is 28.7 Å². The zero-order chi connectivity index (χ0) is 29.3. The predicted molar refractivity (Wildman–Crippen MR) is 146 cm³/mol. The van der Waals surface area contributed by atoms with Crippen molar-refractivity contribution in [2.45, 2.75) is 70.7 Å². The fourth-order valence-corrected chi connectivity index (χ4v) is 7.55. The predicted octanol–water partition coefficient (Wildman–Crippen LogP) is 2.58. The third kappa shape index (κ3) is 3.92. The van der Waals surface area contributed by atoms with Gasteiger partial charge in [0.25, 0.3) is 0 Å². The van der Waals surface area contributed by atoms with Gasteiger partial charge in [0.2, 0.25) is 12.7 Å². The molecule has 2 aromatic rings. The Balaban J connectivity index is 1.63. The smallest absolute Gasteiger partial charge is 0.308 e. The molecule has 1 saturated heterocycles. The van der Waals surface area contributed by atoms with Gasteiger partial charge in [-0.15, -0.1) is 0 Å². The highest BCUT2D eigenvalue weighted by atomic mass is 16.7. The quantitative estimate of drug-likeness (QED) is 0.423. The van der Waals surface area contributed by atoms with Crippen LogP contribution in [0.1, 0.15) is 59.3 Å². The maximum Gasteiger partial charge on any atom is 0.308 e. The Labute approximate surface area is 238 Å². The van der Waals surface area contributed by atoms with Crippen LogP contribution in [0.2, 0.25) is 0 Å². The molecule has 2 N–H and O–H groups in total. The minimum Gasteiger partial charge on any atom is -0.504 e. The van der Waals surface area contributed by atoms with E-state index in [1.165, 1.54) is 13.8 Å². The first-order valence-electron chi connectivity index (χ1n) is 13.7. The first-order valence-corrected chi connectivity index (χ1v) is 13.7. The van der Waals surface area contributed by atoms with Crippen LogP contribution < -0.4 is 24.3 Å². The molecule has 1 amide bonds. The third-order valence-corrected chi connectivity index (χ3v) is 9.06. The number of amides is 1. The Kier molecular flexibility index (Phi) is 6.51. The van der Waals surface area contributed by atoms with Crippen LogP contribution in [0.25, 0.3) is 0 Å². The van der Waals surface area contributed by atoms with Crippen molar-refractivity contribution in [3.8, 4) is 34.8 Å². The number of ether oxygens (including phenoxy) is 4. The molecule has 2 bridgehead atoms. The summed E-state index contributed by atoms with van der Waals surface area (Å²) in [5, 5.41) is 25.2. The lowest BCUT2D eigenvalue weighted by molar-refractivity contribution is -0.132. The highest BCUT2D eigenvalue weighted by molar-refractivity contribution is 5.75. The molecule has 4 aliphatic heterocycles. The number of carbonyl (C=O) groups excluding carboxylic acids is 2. The Bertz CT molecular complexity index is 1520. The number of methoxy groups -OCH3 is 1. The van der Waals surface area contributed by atoms with Gasteiger partial charge in [-0.2, -0.15) is 5.26 Å². The lowest BCUT2D eigenvalue weighted by Gasteiger charge is -2.60. The fraction of sp³-hybridized carbons (Fsp3) is 0.500. The number of nitrogens with zero attached hydrogens (tertiary/aromatic N) is 3. The van der Waals surface area contributed by atoms with Gasteiger partial charge in [0.1, 0.15) is 11.8 Å². The van der Waals surface area contributed by atoms with Crippen LogP contribution in [0.3, 0.4) is 0 Å². The van der Waals surface area contributed by atoms with Gasteiger partial charge in [0, 0.05) is 54.7 Å². The average Bonchev–Trinajstić information content (AvgIpc) is 3.40. The molecule has 1 fully saturated rings. The zero-order valence-corrected chi connectivity index (χ0v) is 24.0. The van der Waals surface area contributed by atoms with E-state index in [0.717, 1.165) is 27.8 Å². The Hall–Kier alpha value is -4.01. The van der Waals surface area contributed by atoms with Gasteiger partial charge in [-0.1, -0.05) is 6.07 Å². The molecule has 0 aliphatic carbocycles. The lowest BCUT2D eigenvalue weighted by atomic mass is 9.71. The standard InChI is InChI=1S/C30H34N4O7/c1-13-7-17-8-19-21(10-31)34-20(25(33(19)5)23(17)26(37)27(13)38-6)9-18-24(22(34)11-32-15(3)35)30-29(39-12-40-30)14(2)28(18)41-16(4)36/h7,19-22,25,37H,8-9,11-12H2,1-6H3,(H,32,35)/t19-,20+,21+,22+,25+/m1/s1. The summed E-state index contributed by atoms with van der Waals surface area (Å²) in [6.45, 7) is 6.76. The van der Waals surface area contributed by atoms with E-state index in [4.69, 9.17) is 18.9 Å². The molecule has 0 spiro atoms. The second-order valence-corrected chi connectivity index (χ2v) is 11.3. The number of likely N-dealkylation sites (N-methyl/N-ethyl adjacent to an activating group) is 1. The van der Waals surface area contributed by atoms with Crippen molar-refractivity contribution in [3.63, 3.8) is 0 Å². The van der Waals surface area contributed by atoms with Gasteiger partial charge in [-0.3, -0.25) is 19.4 Å². The molecule has 0 unspecified atom stereocenters. The maximum atomic E-state index is 12.3. The lowest BCUT2D eigenvalue weighted by Crippen LogP contribution is -2.68. The second-order valence-electron chi connectivity index (χ2n) is 11.3. The van der Waals surface area contributed by atoms with Crippen LogP contribution in [-0.2, 0) is 22.4 Å². The molecular formula is C30H34N4O7. The second kappa shape index (κ2) is 9.82. The summed E-state index contributed by atoms with van der Waals surface area (Å²) in [6, 6.07) is 2.78. The number of aromatic hydroxyl groups is 1. The topological polar surface area (TPSA) is 134 Å². The largest absolute Gasteiger partial charge is 0.504 e. The number of hydrogen-bond donors (Lipinski definition) is 2. The number of esters is 1. The molecule has 6 rings (SSSR count). The molecule has 216 valence electrons. The molecule has 0 radical (unpaired) electrons. The number of nitrogens with one attached hydrogen (secondary N) is 1. The van der Waals surface area contributed by atoms with Gasteiger partial charge in [0.15, 0.2) is 23.0 Å². The van der Waals surface area contributed by atoms with Crippen LogP contribution in [0, 0.1) is 25.2 Å². The van der Waals surface area contributed by atoms with Crippen molar-refractivity contribution in [1.29, 1.82) is 5.26 Å². The summed E-state index contributed by atoms with van der Waals surface area (Å²) in [4.78, 5) is 28.8. The van der Waals surface area contributed by atoms with Crippen LogP contribution in [-0.4, -0.2) is 72.4 Å². The molecule has 11 nitrogen and oxygen atoms in total. The molecule has 11 heteroatoms. The SMILES string of the molecule is COc1c(C)cc2c(c1O)[C@@H]1[C@@H]3Cc4c(OC(C)=O)c(C)c5c(c4[C@H](CNC(C)=O)N3[C@@H](C#N)[C@@H](C2)N1C)OCO5. The Morgan fingerprint density at radius 1 is 1.15 bits per heavy atom. The van der Waals surface area contributed by atoms with Crippen LogP contribution >= 0.6 is 0 Å². The normalized spacial score (nSPS) is 25.8. The summed E-state index contributed by atoms with van der Waals surface area (Å²) >= 11 is 0. The van der Waals surface area contributed by atoms with E-state index in [1.54, 1.807) is 7.11 Å². The van der Waals surface area contributed by atoms with E-state index in [2.05, 4.69) is 21.2 Å². The number of hydrogen-bond acceptors (Lipinski definition) is 10. The van der Waals surface area contributed by atoms with Gasteiger partial charge in [0.05, 0.1) is 25.3 Å². The molecule has 4 aliphatic rings. The van der Waals surface area contributed by atoms with Gasteiger partial charge < -0.3 is 29.4 Å². The molecule has 2 aromatic carbocycles. The van der Waals surface area contributed by atoms with Crippen LogP contribution in [0.15, 0.2) is 6.07 Å². The van der Waals surface area contributed by atoms with Gasteiger partial charge in [-0.25, -0.2) is 0 Å². The number of phenols is 1. The highest BCUT2D eigenvalue weighted by Crippen LogP contribution is 2.58. The monoisotopic (exact) mass is 562 g/mol. The van der Waals surface area contributed by atoms with Crippen molar-refractivity contribution in [1.82, 2.24) is 15.1 Å². The van der Waals surface area contributed by atoms with Crippen molar-refractivity contribution in [2.75, 3.05) is 27.5 Å². The van der Waals surface area contributed by atoms with Crippen molar-refractivity contribution >= 4 is 11.9 Å². The number of carbonyl (C=O) groups is 2. The maximum absolute atomic E-state index is 12.3. The van der Waals surface area contributed by atoms with E-state index in [9.17, 15) is 20.0 Å². The number of fused-ring (bicyclic) bond motifs is 9. The molecule has 0 aromatic heterocycles. The van der Waals surface area contributed by atoms with Crippen molar-refractivity contribution < 1.29 is 33.6 Å². The summed E-state index contributed by atoms with van der Waals surface area (Å²) in [5.74, 6) is 1.30. The average molecular weight is 563 g/mol. The van der Waals surface area contributed by atoms with Crippen molar-refractivity contribution in [3.05, 3.63) is 39.4 Å². The number of phenolic OH excluding ortho intramolecular Hbond substituents is 1. The summed E-state index contributed by atoms with van der Waals surface area (Å²) in [7, 11) is 3.53. The summed E-state index contributed by atoms with van der Waals surface area (Å²) < 4.78 is 23.3. The summed E-state index contributed by atoms with van der Waals surface area (Å²) in [6.07, 6.45) is 0.965. The van der Waals surface area contributed by atoms with E-state index in [0.29, 0.717) is 41.4 Å². The van der Waals surface area contributed by atoms with Gasteiger partial charge in [-0.05, 0) is 44.9 Å². The van der Waals surface area contributed by atoms with E-state index in [-0.39, 0.29) is 43.1 Å². The molecule has 41 heavy (non-hydrogen) atoms. The van der Waals surface area contributed by atoms with E-state index >= 15 is 0 Å². The minimum absolute atomic E-state index is 0.0124. The summed E-state index contributed by atoms with van der Waals surface area (Å²) in [5.41, 5.74) is 4.76. The molecule has 5 atom stereocenters. The highest BCUT2D eigenvalue weighted by Gasteiger charge is 2.56. The molecular weight excluding hydrogens is 528 g/mol. The van der Waals surface area contributed by atoms with Crippen molar-refractivity contribution in [2.24, 2.45) is 0 Å². The van der Waals surface area contributed by atoms with E-state index < -0.39 is 18.1 Å². The van der Waals surface area contributed by atoms with E-state index in [1.807, 2.05) is 27.0 Å². The van der Waals surface area contributed by atoms with Crippen LogP contribution in [0.4, 0.5) is 0 Å². The number of aryl methyl sites for hydroxylation is 1. The number of nitriles is 1. The first kappa shape index (κ1) is 27.2. The molecule has 0 saturated carbocycles. The number of benzene rings is 2. The first-order chi connectivity index (χ1) is 19.6. The third-order valence-electron chi connectivity index (χ3n) is 9.06. The minimum atomic E-state index is -0.540. The molecule has 4 heterocycles. The Morgan fingerprint density at radius 2 is 1.88 bits per heavy atom. The Morgan fingerprint density at radius 3 is 2.54 bits per heavy atom.